The van der Waals surface area contributed by atoms with Crippen molar-refractivity contribution in [3.8, 4) is 29.1 Å². The van der Waals surface area contributed by atoms with Gasteiger partial charge in [-0.25, -0.2) is 0 Å². The number of hydrogen-bond donors (Lipinski definition) is 0. The number of fused-ring (bicyclic) bond motifs is 4. The van der Waals surface area contributed by atoms with E-state index in [9.17, 15) is 9.59 Å². The Morgan fingerprint density at radius 1 is 0.775 bits per heavy atom. The predicted octanol–water partition coefficient (Wildman–Crippen LogP) is 5.97. The molecule has 40 heavy (non-hydrogen) atoms. The Bertz CT molecular complexity index is 1740. The Hall–Kier alpha value is -3.68. The molecular formula is C30H24Br2O8. The smallest absolute Gasteiger partial charge is 0.323 e. The summed E-state index contributed by atoms with van der Waals surface area (Å²) in [5, 5.41) is 1.55. The van der Waals surface area contributed by atoms with Gasteiger partial charge in [-0.15, -0.1) is 0 Å². The molecule has 0 spiro atoms. The van der Waals surface area contributed by atoms with Crippen LogP contribution in [0.3, 0.4) is 0 Å². The van der Waals surface area contributed by atoms with Crippen LogP contribution >= 0.6 is 31.9 Å². The van der Waals surface area contributed by atoms with Crippen LogP contribution in [0.15, 0.2) is 43.7 Å². The number of methoxy groups -OCH3 is 5. The lowest BCUT2D eigenvalue weighted by Gasteiger charge is -2.22. The molecule has 0 amide bonds. The van der Waals surface area contributed by atoms with E-state index in [2.05, 4.69) is 43.7 Å². The lowest BCUT2D eigenvalue weighted by Crippen LogP contribution is -2.42. The van der Waals surface area contributed by atoms with Crippen LogP contribution in [-0.2, 0) is 31.9 Å². The molecular weight excluding hydrogens is 648 g/mol. The van der Waals surface area contributed by atoms with Crippen molar-refractivity contribution in [2.24, 2.45) is 5.41 Å². The van der Waals surface area contributed by atoms with E-state index >= 15 is 0 Å². The van der Waals surface area contributed by atoms with Gasteiger partial charge in [0, 0.05) is 34.9 Å². The van der Waals surface area contributed by atoms with E-state index in [0.717, 1.165) is 26.4 Å². The minimum Gasteiger partial charge on any atom is -0.495 e. The van der Waals surface area contributed by atoms with Crippen LogP contribution < -0.4 is 14.2 Å². The Morgan fingerprint density at radius 2 is 1.40 bits per heavy atom. The summed E-state index contributed by atoms with van der Waals surface area (Å²) >= 11 is 7.08. The predicted molar refractivity (Wildman–Crippen MR) is 155 cm³/mol. The van der Waals surface area contributed by atoms with Gasteiger partial charge in [0.1, 0.15) is 28.4 Å². The van der Waals surface area contributed by atoms with Crippen molar-refractivity contribution in [3.05, 3.63) is 61.5 Å². The number of ether oxygens (including phenoxy) is 5. The van der Waals surface area contributed by atoms with E-state index in [0.29, 0.717) is 44.0 Å². The number of carbonyl (C=O) groups is 2. The summed E-state index contributed by atoms with van der Waals surface area (Å²) in [7, 11) is 7.23. The van der Waals surface area contributed by atoms with Gasteiger partial charge in [0.25, 0.3) is 0 Å². The van der Waals surface area contributed by atoms with Crippen LogP contribution in [-0.4, -0.2) is 47.5 Å². The molecule has 0 fully saturated rings. The first-order valence-corrected chi connectivity index (χ1v) is 13.6. The zero-order chi connectivity index (χ0) is 28.8. The van der Waals surface area contributed by atoms with Crippen molar-refractivity contribution in [1.82, 2.24) is 0 Å². The summed E-state index contributed by atoms with van der Waals surface area (Å²) in [4.78, 5) is 26.0. The number of rotatable bonds is 5. The van der Waals surface area contributed by atoms with Gasteiger partial charge >= 0.3 is 11.9 Å². The Labute approximate surface area is 247 Å². The van der Waals surface area contributed by atoms with Gasteiger partial charge in [-0.05, 0) is 67.6 Å². The zero-order valence-electron chi connectivity index (χ0n) is 22.3. The second-order valence-corrected chi connectivity index (χ2v) is 10.9. The number of hydrogen-bond acceptors (Lipinski definition) is 8. The summed E-state index contributed by atoms with van der Waals surface area (Å²) in [6.07, 6.45) is 0.156. The van der Waals surface area contributed by atoms with Gasteiger partial charge in [0.05, 0.1) is 50.1 Å². The standard InChI is InChI=1S/C30H24Br2O8/c1-35-22-11-24(36-2)20(31)8-15(22)6-7-17-19-14-30(28(33)38-4,29(34)39-5)13-16(19)9-26-27(17)18-10-21(32)25(37-3)12-23(18)40-26/h8-12H,13-14H2,1-5H3. The topological polar surface area (TPSA) is 93.4 Å². The lowest BCUT2D eigenvalue weighted by atomic mass is 9.84. The molecule has 4 aromatic rings. The van der Waals surface area contributed by atoms with Crippen molar-refractivity contribution in [2.45, 2.75) is 12.8 Å². The molecule has 0 radical (unpaired) electrons. The Morgan fingerprint density at radius 3 is 2.02 bits per heavy atom. The highest BCUT2D eigenvalue weighted by Gasteiger charge is 2.53. The van der Waals surface area contributed by atoms with Crippen LogP contribution in [0.5, 0.6) is 17.2 Å². The van der Waals surface area contributed by atoms with Gasteiger partial charge in [0.2, 0.25) is 0 Å². The molecule has 8 nitrogen and oxygen atoms in total. The highest BCUT2D eigenvalue weighted by atomic mass is 79.9. The first kappa shape index (κ1) is 27.9. The van der Waals surface area contributed by atoms with Crippen molar-refractivity contribution in [2.75, 3.05) is 35.5 Å². The van der Waals surface area contributed by atoms with E-state index in [1.807, 2.05) is 18.2 Å². The molecule has 0 N–H and O–H groups in total. The zero-order valence-corrected chi connectivity index (χ0v) is 25.5. The molecule has 0 unspecified atom stereocenters. The molecule has 206 valence electrons. The third-order valence-electron chi connectivity index (χ3n) is 7.15. The first-order valence-electron chi connectivity index (χ1n) is 12.1. The molecule has 5 rings (SSSR count). The maximum absolute atomic E-state index is 13.0. The maximum Gasteiger partial charge on any atom is 0.323 e. The summed E-state index contributed by atoms with van der Waals surface area (Å²) < 4.78 is 34.3. The summed E-state index contributed by atoms with van der Waals surface area (Å²) in [5.41, 5.74) is 2.39. The average Bonchev–Trinajstić information content (AvgIpc) is 3.52. The second-order valence-electron chi connectivity index (χ2n) is 9.20. The van der Waals surface area contributed by atoms with Gasteiger partial charge < -0.3 is 28.1 Å². The van der Waals surface area contributed by atoms with Crippen LogP contribution in [0.25, 0.3) is 21.9 Å². The fraction of sp³-hybridized carbons (Fsp3) is 0.267. The monoisotopic (exact) mass is 670 g/mol. The first-order chi connectivity index (χ1) is 19.2. The van der Waals surface area contributed by atoms with E-state index in [-0.39, 0.29) is 12.8 Å². The number of halogens is 2. The summed E-state index contributed by atoms with van der Waals surface area (Å²) in [5.74, 6) is 6.97. The van der Waals surface area contributed by atoms with E-state index in [1.54, 1.807) is 33.5 Å². The molecule has 1 heterocycles. The fourth-order valence-electron chi connectivity index (χ4n) is 5.23. The van der Waals surface area contributed by atoms with Gasteiger partial charge in [0.15, 0.2) is 5.41 Å². The van der Waals surface area contributed by atoms with Crippen LogP contribution in [0.1, 0.15) is 22.3 Å². The largest absolute Gasteiger partial charge is 0.495 e. The number of carbonyl (C=O) groups excluding carboxylic acids is 2. The number of esters is 2. The molecule has 10 heteroatoms. The van der Waals surface area contributed by atoms with Crippen molar-refractivity contribution in [1.29, 1.82) is 0 Å². The normalized spacial score (nSPS) is 13.4. The van der Waals surface area contributed by atoms with Crippen LogP contribution in [0.4, 0.5) is 0 Å². The minimum absolute atomic E-state index is 0.0646. The molecule has 0 bridgehead atoms. The van der Waals surface area contributed by atoms with E-state index < -0.39 is 17.4 Å². The maximum atomic E-state index is 13.0. The number of furan rings is 1. The van der Waals surface area contributed by atoms with Crippen LogP contribution in [0, 0.1) is 17.3 Å². The Kier molecular flexibility index (Phi) is 7.46. The second kappa shape index (κ2) is 10.7. The molecule has 0 saturated carbocycles. The molecule has 1 aliphatic carbocycles. The third kappa shape index (κ3) is 4.38. The van der Waals surface area contributed by atoms with Crippen molar-refractivity contribution >= 4 is 65.7 Å². The average molecular weight is 672 g/mol. The molecule has 0 aliphatic heterocycles. The summed E-state index contributed by atoms with van der Waals surface area (Å²) in [6.45, 7) is 0. The van der Waals surface area contributed by atoms with Gasteiger partial charge in [-0.1, -0.05) is 11.8 Å². The van der Waals surface area contributed by atoms with Gasteiger partial charge in [-0.3, -0.25) is 9.59 Å². The van der Waals surface area contributed by atoms with Crippen molar-refractivity contribution < 1.29 is 37.7 Å². The molecule has 3 aromatic carbocycles. The molecule has 0 atom stereocenters. The van der Waals surface area contributed by atoms with Crippen LogP contribution in [0.2, 0.25) is 0 Å². The quantitative estimate of drug-likeness (QED) is 0.146. The SMILES string of the molecule is COC(=O)C1(C(=O)OC)Cc2cc3oc4cc(OC)c(Br)cc4c3c(C#Cc3cc(Br)c(OC)cc3OC)c2C1. The molecule has 1 aliphatic rings. The molecule has 0 saturated heterocycles. The number of benzene rings is 3. The lowest BCUT2D eigenvalue weighted by molar-refractivity contribution is -0.168. The molecule has 1 aromatic heterocycles. The Balaban J connectivity index is 1.82. The fourth-order valence-corrected chi connectivity index (χ4v) is 6.24. The highest BCUT2D eigenvalue weighted by Crippen LogP contribution is 2.46. The van der Waals surface area contributed by atoms with E-state index in [4.69, 9.17) is 28.1 Å². The van der Waals surface area contributed by atoms with Crippen molar-refractivity contribution in [3.63, 3.8) is 0 Å². The van der Waals surface area contributed by atoms with Gasteiger partial charge in [-0.2, -0.15) is 0 Å². The van der Waals surface area contributed by atoms with E-state index in [1.165, 1.54) is 14.2 Å². The third-order valence-corrected chi connectivity index (χ3v) is 8.39. The minimum atomic E-state index is -1.53. The summed E-state index contributed by atoms with van der Waals surface area (Å²) in [6, 6.07) is 9.13. The highest BCUT2D eigenvalue weighted by molar-refractivity contribution is 9.11.